The normalized spacial score (nSPS) is 13.4. The number of benzene rings is 1. The highest BCUT2D eigenvalue weighted by molar-refractivity contribution is 5.31. The van der Waals surface area contributed by atoms with E-state index in [9.17, 15) is 13.2 Å². The maximum atomic E-state index is 12.9. The van der Waals surface area contributed by atoms with Crippen molar-refractivity contribution in [2.45, 2.75) is 32.0 Å². The van der Waals surface area contributed by atoms with Crippen LogP contribution in [0.25, 0.3) is 0 Å². The van der Waals surface area contributed by atoms with Crippen LogP contribution in [0.4, 0.5) is 13.2 Å². The van der Waals surface area contributed by atoms with E-state index < -0.39 is 11.7 Å². The summed E-state index contributed by atoms with van der Waals surface area (Å²) in [5.74, 6) is 0.261. The monoisotopic (exact) mass is 284 g/mol. The van der Waals surface area contributed by atoms with Crippen LogP contribution in [0.15, 0.2) is 34.9 Å². The fourth-order valence-electron chi connectivity index (χ4n) is 1.97. The van der Waals surface area contributed by atoms with Gasteiger partial charge in [0.05, 0.1) is 11.3 Å². The van der Waals surface area contributed by atoms with Crippen LogP contribution in [0.1, 0.15) is 29.6 Å². The molecule has 1 heterocycles. The van der Waals surface area contributed by atoms with Crippen LogP contribution in [0.5, 0.6) is 0 Å². The van der Waals surface area contributed by atoms with Crippen molar-refractivity contribution in [1.82, 2.24) is 4.98 Å². The molecule has 2 aromatic rings. The summed E-state index contributed by atoms with van der Waals surface area (Å²) < 4.78 is 43.8. The summed E-state index contributed by atoms with van der Waals surface area (Å²) in [4.78, 5) is 4.15. The van der Waals surface area contributed by atoms with E-state index in [1.165, 1.54) is 18.4 Å². The van der Waals surface area contributed by atoms with Crippen molar-refractivity contribution < 1.29 is 17.6 Å². The van der Waals surface area contributed by atoms with Crippen LogP contribution >= 0.6 is 0 Å². The van der Waals surface area contributed by atoms with Crippen molar-refractivity contribution in [2.75, 3.05) is 0 Å². The van der Waals surface area contributed by atoms with Crippen LogP contribution in [-0.4, -0.2) is 11.0 Å². The fraction of sp³-hybridized carbons (Fsp3) is 0.357. The summed E-state index contributed by atoms with van der Waals surface area (Å²) in [6.45, 7) is 1.83. The molecule has 0 amide bonds. The zero-order chi connectivity index (χ0) is 14.8. The quantitative estimate of drug-likeness (QED) is 0.938. The Kier molecular flexibility index (Phi) is 4.13. The van der Waals surface area contributed by atoms with Gasteiger partial charge in [-0.2, -0.15) is 13.2 Å². The topological polar surface area (TPSA) is 52.0 Å². The zero-order valence-corrected chi connectivity index (χ0v) is 10.9. The maximum Gasteiger partial charge on any atom is 0.416 e. The molecule has 0 aliphatic carbocycles. The Balaban J connectivity index is 2.20. The summed E-state index contributed by atoms with van der Waals surface area (Å²) in [6, 6.07) is 5.34. The Hall–Kier alpha value is -1.82. The van der Waals surface area contributed by atoms with Gasteiger partial charge in [-0.05, 0) is 18.6 Å². The van der Waals surface area contributed by atoms with Crippen molar-refractivity contribution in [2.24, 2.45) is 5.73 Å². The Bertz CT molecular complexity index is 576. The molecule has 3 nitrogen and oxygen atoms in total. The predicted octanol–water partition coefficient (Wildman–Crippen LogP) is 3.17. The highest BCUT2D eigenvalue weighted by atomic mass is 19.4. The van der Waals surface area contributed by atoms with Crippen LogP contribution in [-0.2, 0) is 19.0 Å². The zero-order valence-electron chi connectivity index (χ0n) is 10.9. The van der Waals surface area contributed by atoms with Crippen molar-refractivity contribution in [3.63, 3.8) is 0 Å². The fourth-order valence-corrected chi connectivity index (χ4v) is 1.97. The van der Waals surface area contributed by atoms with E-state index in [-0.39, 0.29) is 23.9 Å². The van der Waals surface area contributed by atoms with Gasteiger partial charge >= 0.3 is 6.18 Å². The number of nitrogens with zero attached hydrogens (tertiary/aromatic N) is 1. The number of halogens is 3. The first kappa shape index (κ1) is 14.6. The predicted molar refractivity (Wildman–Crippen MR) is 68.1 cm³/mol. The van der Waals surface area contributed by atoms with Crippen molar-refractivity contribution in [1.29, 1.82) is 0 Å². The lowest BCUT2D eigenvalue weighted by Crippen LogP contribution is -2.17. The Morgan fingerprint density at radius 2 is 2.00 bits per heavy atom. The van der Waals surface area contributed by atoms with E-state index in [2.05, 4.69) is 4.98 Å². The minimum Gasteiger partial charge on any atom is -0.448 e. The summed E-state index contributed by atoms with van der Waals surface area (Å²) in [7, 11) is 0. The van der Waals surface area contributed by atoms with Crippen molar-refractivity contribution in [3.8, 4) is 0 Å². The van der Waals surface area contributed by atoms with E-state index in [1.807, 2.05) is 6.92 Å². The molecule has 0 saturated heterocycles. The SMILES string of the molecule is CC(N)Cc1coc(Cc2ccccc2C(F)(F)F)n1. The number of hydrogen-bond acceptors (Lipinski definition) is 3. The molecule has 0 radical (unpaired) electrons. The second-order valence-corrected chi connectivity index (χ2v) is 4.75. The van der Waals surface area contributed by atoms with Gasteiger partial charge in [-0.25, -0.2) is 4.98 Å². The van der Waals surface area contributed by atoms with Gasteiger partial charge in [-0.15, -0.1) is 0 Å². The smallest absolute Gasteiger partial charge is 0.416 e. The van der Waals surface area contributed by atoms with Gasteiger partial charge < -0.3 is 10.2 Å². The van der Waals surface area contributed by atoms with E-state index in [0.717, 1.165) is 6.07 Å². The third-order valence-corrected chi connectivity index (χ3v) is 2.79. The number of rotatable bonds is 4. The molecule has 108 valence electrons. The second kappa shape index (κ2) is 5.66. The number of nitrogens with two attached hydrogens (primary N) is 1. The summed E-state index contributed by atoms with van der Waals surface area (Å²) >= 11 is 0. The van der Waals surface area contributed by atoms with E-state index in [1.54, 1.807) is 6.07 Å². The van der Waals surface area contributed by atoms with Crippen LogP contribution in [0.2, 0.25) is 0 Å². The van der Waals surface area contributed by atoms with Crippen molar-refractivity contribution >= 4 is 0 Å². The van der Waals surface area contributed by atoms with Gasteiger partial charge in [0.15, 0.2) is 5.89 Å². The van der Waals surface area contributed by atoms with Gasteiger partial charge in [0.1, 0.15) is 6.26 Å². The average Bonchev–Trinajstić information content (AvgIpc) is 2.75. The molecule has 2 N–H and O–H groups in total. The third kappa shape index (κ3) is 3.60. The molecule has 1 aromatic carbocycles. The molecular weight excluding hydrogens is 269 g/mol. The van der Waals surface area contributed by atoms with Gasteiger partial charge in [-0.1, -0.05) is 18.2 Å². The van der Waals surface area contributed by atoms with Crippen LogP contribution in [0.3, 0.4) is 0 Å². The van der Waals surface area contributed by atoms with E-state index >= 15 is 0 Å². The number of alkyl halides is 3. The first-order chi connectivity index (χ1) is 9.36. The standard InChI is InChI=1S/C14H15F3N2O/c1-9(18)6-11-8-20-13(19-11)7-10-4-2-3-5-12(10)14(15,16)17/h2-5,8-9H,6-7,18H2,1H3. The highest BCUT2D eigenvalue weighted by Crippen LogP contribution is 2.32. The largest absolute Gasteiger partial charge is 0.448 e. The first-order valence-corrected chi connectivity index (χ1v) is 6.20. The highest BCUT2D eigenvalue weighted by Gasteiger charge is 2.33. The molecular formula is C14H15F3N2O. The van der Waals surface area contributed by atoms with Gasteiger partial charge in [0, 0.05) is 18.9 Å². The van der Waals surface area contributed by atoms with Crippen LogP contribution < -0.4 is 5.73 Å². The lowest BCUT2D eigenvalue weighted by atomic mass is 10.0. The number of hydrogen-bond donors (Lipinski definition) is 1. The lowest BCUT2D eigenvalue weighted by molar-refractivity contribution is -0.138. The minimum absolute atomic E-state index is 0.00857. The van der Waals surface area contributed by atoms with Gasteiger partial charge in [0.2, 0.25) is 0 Å². The van der Waals surface area contributed by atoms with E-state index in [4.69, 9.17) is 10.2 Å². The second-order valence-electron chi connectivity index (χ2n) is 4.75. The first-order valence-electron chi connectivity index (χ1n) is 6.20. The molecule has 0 fully saturated rings. The number of oxazole rings is 1. The van der Waals surface area contributed by atoms with Crippen molar-refractivity contribution in [3.05, 3.63) is 53.2 Å². The van der Waals surface area contributed by atoms with Gasteiger partial charge in [-0.3, -0.25) is 0 Å². The summed E-state index contributed by atoms with van der Waals surface area (Å²) in [5, 5.41) is 0. The molecule has 2 rings (SSSR count). The number of aromatic nitrogens is 1. The molecule has 0 bridgehead atoms. The maximum absolute atomic E-state index is 12.9. The Labute approximate surface area is 114 Å². The third-order valence-electron chi connectivity index (χ3n) is 2.79. The van der Waals surface area contributed by atoms with Gasteiger partial charge in [0.25, 0.3) is 0 Å². The summed E-state index contributed by atoms with van der Waals surface area (Å²) in [5.41, 5.74) is 5.78. The molecule has 0 saturated carbocycles. The summed E-state index contributed by atoms with van der Waals surface area (Å²) in [6.07, 6.45) is -2.40. The Morgan fingerprint density at radius 3 is 2.65 bits per heavy atom. The molecule has 1 aromatic heterocycles. The lowest BCUT2D eigenvalue weighted by Gasteiger charge is -2.11. The van der Waals surface area contributed by atoms with E-state index in [0.29, 0.717) is 12.1 Å². The molecule has 20 heavy (non-hydrogen) atoms. The molecule has 6 heteroatoms. The molecule has 0 aliphatic heterocycles. The average molecular weight is 284 g/mol. The molecule has 0 spiro atoms. The molecule has 1 unspecified atom stereocenters. The molecule has 0 aliphatic rings. The molecule has 1 atom stereocenters. The van der Waals surface area contributed by atoms with Crippen LogP contribution in [0, 0.1) is 0 Å². The Morgan fingerprint density at radius 1 is 1.30 bits per heavy atom. The minimum atomic E-state index is -4.38.